The highest BCUT2D eigenvalue weighted by Crippen LogP contribution is 2.21. The molecule has 0 atom stereocenters. The molecule has 0 N–H and O–H groups in total. The zero-order valence-electron chi connectivity index (χ0n) is 9.63. The third-order valence-corrected chi connectivity index (χ3v) is 3.21. The van der Waals surface area contributed by atoms with Gasteiger partial charge in [0.25, 0.3) is 0 Å². The van der Waals surface area contributed by atoms with Crippen molar-refractivity contribution < 1.29 is 0 Å². The van der Waals surface area contributed by atoms with Crippen molar-refractivity contribution in [3.05, 3.63) is 69.7 Å². The molecule has 0 saturated carbocycles. The van der Waals surface area contributed by atoms with Crippen LogP contribution in [0.15, 0.2) is 42.5 Å². The van der Waals surface area contributed by atoms with Gasteiger partial charge in [0.15, 0.2) is 0 Å². The van der Waals surface area contributed by atoms with Gasteiger partial charge < -0.3 is 0 Å². The molecule has 0 aliphatic rings. The van der Waals surface area contributed by atoms with Gasteiger partial charge >= 0.3 is 0 Å². The summed E-state index contributed by atoms with van der Waals surface area (Å²) in [5.41, 5.74) is 5.18. The van der Waals surface area contributed by atoms with Crippen molar-refractivity contribution in [3.63, 3.8) is 0 Å². The van der Waals surface area contributed by atoms with E-state index in [1.807, 2.05) is 18.2 Å². The van der Waals surface area contributed by atoms with Gasteiger partial charge in [-0.3, -0.25) is 0 Å². The van der Waals surface area contributed by atoms with Gasteiger partial charge in [-0.1, -0.05) is 53.6 Å². The Morgan fingerprint density at radius 3 is 2.38 bits per heavy atom. The number of hydrogen-bond donors (Lipinski definition) is 0. The van der Waals surface area contributed by atoms with Crippen molar-refractivity contribution >= 4 is 11.6 Å². The maximum Gasteiger partial charge on any atom is 0.0441 e. The van der Waals surface area contributed by atoms with Crippen LogP contribution in [-0.4, -0.2) is 0 Å². The van der Waals surface area contributed by atoms with Gasteiger partial charge in [0.2, 0.25) is 0 Å². The van der Waals surface area contributed by atoms with Crippen LogP contribution in [0.1, 0.15) is 22.3 Å². The van der Waals surface area contributed by atoms with Crippen LogP contribution in [0.25, 0.3) is 0 Å². The highest BCUT2D eigenvalue weighted by Gasteiger charge is 2.03. The first-order valence-electron chi connectivity index (χ1n) is 5.46. The summed E-state index contributed by atoms with van der Waals surface area (Å²) in [5, 5.41) is 0.850. The van der Waals surface area contributed by atoms with E-state index >= 15 is 0 Å². The first kappa shape index (κ1) is 11.2. The second-order valence-corrected chi connectivity index (χ2v) is 4.61. The van der Waals surface area contributed by atoms with Crippen LogP contribution in [0.2, 0.25) is 5.02 Å². The van der Waals surface area contributed by atoms with E-state index in [0.717, 1.165) is 11.4 Å². The van der Waals surface area contributed by atoms with E-state index < -0.39 is 0 Å². The molecular formula is C15H15Cl. The SMILES string of the molecule is Cc1ccc(Cc2ccccc2Cl)c(C)c1. The summed E-state index contributed by atoms with van der Waals surface area (Å²) in [5.74, 6) is 0. The number of halogens is 1. The van der Waals surface area contributed by atoms with E-state index in [1.165, 1.54) is 22.3 Å². The Labute approximate surface area is 102 Å². The Bertz CT molecular complexity index is 501. The zero-order chi connectivity index (χ0) is 11.5. The molecule has 0 fully saturated rings. The molecule has 0 saturated heterocycles. The molecule has 0 bridgehead atoms. The molecule has 0 aliphatic heterocycles. The summed E-state index contributed by atoms with van der Waals surface area (Å²) in [6.45, 7) is 4.27. The molecule has 2 aromatic rings. The lowest BCUT2D eigenvalue weighted by molar-refractivity contribution is 1.15. The highest BCUT2D eigenvalue weighted by atomic mass is 35.5. The molecule has 0 radical (unpaired) electrons. The lowest BCUT2D eigenvalue weighted by Crippen LogP contribution is -1.93. The van der Waals surface area contributed by atoms with E-state index in [0.29, 0.717) is 0 Å². The van der Waals surface area contributed by atoms with Gasteiger partial charge in [-0.15, -0.1) is 0 Å². The molecule has 16 heavy (non-hydrogen) atoms. The van der Waals surface area contributed by atoms with Crippen LogP contribution in [0.5, 0.6) is 0 Å². The molecule has 0 heterocycles. The Balaban J connectivity index is 2.31. The first-order valence-corrected chi connectivity index (χ1v) is 5.84. The average molecular weight is 231 g/mol. The smallest absolute Gasteiger partial charge is 0.0441 e. The number of hydrogen-bond acceptors (Lipinski definition) is 0. The van der Waals surface area contributed by atoms with Gasteiger partial charge in [0.05, 0.1) is 0 Å². The van der Waals surface area contributed by atoms with Crippen LogP contribution < -0.4 is 0 Å². The van der Waals surface area contributed by atoms with E-state index in [1.54, 1.807) is 0 Å². The predicted molar refractivity (Wildman–Crippen MR) is 70.2 cm³/mol. The summed E-state index contributed by atoms with van der Waals surface area (Å²) < 4.78 is 0. The molecule has 0 spiro atoms. The van der Waals surface area contributed by atoms with Crippen molar-refractivity contribution in [2.45, 2.75) is 20.3 Å². The second kappa shape index (κ2) is 4.71. The molecule has 2 aromatic carbocycles. The summed E-state index contributed by atoms with van der Waals surface area (Å²) in [6.07, 6.45) is 0.909. The van der Waals surface area contributed by atoms with Crippen LogP contribution >= 0.6 is 11.6 Å². The minimum Gasteiger partial charge on any atom is -0.0840 e. The fraction of sp³-hybridized carbons (Fsp3) is 0.200. The van der Waals surface area contributed by atoms with E-state index in [-0.39, 0.29) is 0 Å². The van der Waals surface area contributed by atoms with E-state index in [2.05, 4.69) is 38.1 Å². The van der Waals surface area contributed by atoms with Crippen LogP contribution in [0, 0.1) is 13.8 Å². The lowest BCUT2D eigenvalue weighted by atomic mass is 9.99. The highest BCUT2D eigenvalue weighted by molar-refractivity contribution is 6.31. The topological polar surface area (TPSA) is 0 Å². The third-order valence-electron chi connectivity index (χ3n) is 2.84. The standard InChI is InChI=1S/C15H15Cl/c1-11-7-8-13(12(2)9-11)10-14-5-3-4-6-15(14)16/h3-9H,10H2,1-2H3. The fourth-order valence-electron chi connectivity index (χ4n) is 1.89. The largest absolute Gasteiger partial charge is 0.0840 e. The maximum atomic E-state index is 6.16. The normalized spacial score (nSPS) is 10.4. The average Bonchev–Trinajstić information content (AvgIpc) is 2.25. The molecule has 0 nitrogen and oxygen atoms in total. The van der Waals surface area contributed by atoms with Gasteiger partial charge in [-0.25, -0.2) is 0 Å². The quantitative estimate of drug-likeness (QED) is 0.710. The minimum absolute atomic E-state index is 0.850. The summed E-state index contributed by atoms with van der Waals surface area (Å²) in [6, 6.07) is 14.6. The van der Waals surface area contributed by atoms with Crippen LogP contribution in [0.3, 0.4) is 0 Å². The van der Waals surface area contributed by atoms with Gasteiger partial charge in [-0.05, 0) is 43.0 Å². The Morgan fingerprint density at radius 2 is 1.69 bits per heavy atom. The monoisotopic (exact) mass is 230 g/mol. The van der Waals surface area contributed by atoms with Crippen molar-refractivity contribution in [2.75, 3.05) is 0 Å². The molecular weight excluding hydrogens is 216 g/mol. The van der Waals surface area contributed by atoms with Gasteiger partial charge in [-0.2, -0.15) is 0 Å². The lowest BCUT2D eigenvalue weighted by Gasteiger charge is -2.08. The van der Waals surface area contributed by atoms with E-state index in [9.17, 15) is 0 Å². The Hall–Kier alpha value is -1.27. The van der Waals surface area contributed by atoms with Gasteiger partial charge in [0, 0.05) is 5.02 Å². The van der Waals surface area contributed by atoms with Crippen molar-refractivity contribution in [1.29, 1.82) is 0 Å². The molecule has 0 amide bonds. The van der Waals surface area contributed by atoms with Gasteiger partial charge in [0.1, 0.15) is 0 Å². The summed E-state index contributed by atoms with van der Waals surface area (Å²) >= 11 is 6.16. The Kier molecular flexibility index (Phi) is 3.31. The fourth-order valence-corrected chi connectivity index (χ4v) is 2.09. The van der Waals surface area contributed by atoms with Crippen molar-refractivity contribution in [3.8, 4) is 0 Å². The number of rotatable bonds is 2. The maximum absolute atomic E-state index is 6.16. The molecule has 0 unspecified atom stereocenters. The Morgan fingerprint density at radius 1 is 0.938 bits per heavy atom. The summed E-state index contributed by atoms with van der Waals surface area (Å²) in [7, 11) is 0. The number of aryl methyl sites for hydroxylation is 2. The van der Waals surface area contributed by atoms with Crippen molar-refractivity contribution in [1.82, 2.24) is 0 Å². The second-order valence-electron chi connectivity index (χ2n) is 4.20. The molecule has 82 valence electrons. The third kappa shape index (κ3) is 2.45. The number of benzene rings is 2. The molecule has 2 rings (SSSR count). The first-order chi connectivity index (χ1) is 7.66. The minimum atomic E-state index is 0.850. The van der Waals surface area contributed by atoms with E-state index in [4.69, 9.17) is 11.6 Å². The molecule has 1 heteroatoms. The van der Waals surface area contributed by atoms with Crippen molar-refractivity contribution in [2.24, 2.45) is 0 Å². The van der Waals surface area contributed by atoms with Crippen LogP contribution in [0.4, 0.5) is 0 Å². The zero-order valence-corrected chi connectivity index (χ0v) is 10.4. The summed E-state index contributed by atoms with van der Waals surface area (Å²) in [4.78, 5) is 0. The predicted octanol–water partition coefficient (Wildman–Crippen LogP) is 4.55. The molecule has 0 aliphatic carbocycles. The van der Waals surface area contributed by atoms with Crippen LogP contribution in [-0.2, 0) is 6.42 Å². The molecule has 0 aromatic heterocycles.